The fourth-order valence-electron chi connectivity index (χ4n) is 1.43. The number of ether oxygens (including phenoxy) is 1. The summed E-state index contributed by atoms with van der Waals surface area (Å²) in [5.41, 5.74) is 1.69. The maximum atomic E-state index is 9.27. The normalized spacial score (nSPS) is 11.0. The van der Waals surface area contributed by atoms with E-state index in [1.54, 1.807) is 18.2 Å². The van der Waals surface area contributed by atoms with Crippen LogP contribution >= 0.6 is 0 Å². The smallest absolute Gasteiger partial charge is 0.133 e. The van der Waals surface area contributed by atoms with Crippen molar-refractivity contribution < 1.29 is 9.84 Å². The summed E-state index contributed by atoms with van der Waals surface area (Å²) in [6, 6.07) is 5.07. The molecule has 0 saturated heterocycles. The summed E-state index contributed by atoms with van der Waals surface area (Å²) in [6.45, 7) is 3.29. The SMILES string of the molecule is CCCOCc1nc2ccc(O)cc2[nH]1. The van der Waals surface area contributed by atoms with E-state index in [1.807, 2.05) is 0 Å². The molecule has 2 N–H and O–H groups in total. The van der Waals surface area contributed by atoms with Crippen molar-refractivity contribution in [2.45, 2.75) is 20.0 Å². The van der Waals surface area contributed by atoms with Gasteiger partial charge in [0, 0.05) is 12.7 Å². The van der Waals surface area contributed by atoms with Gasteiger partial charge >= 0.3 is 0 Å². The van der Waals surface area contributed by atoms with Gasteiger partial charge < -0.3 is 14.8 Å². The maximum absolute atomic E-state index is 9.27. The Balaban J connectivity index is 2.16. The van der Waals surface area contributed by atoms with Gasteiger partial charge in [-0.05, 0) is 18.6 Å². The van der Waals surface area contributed by atoms with Gasteiger partial charge in [-0.2, -0.15) is 0 Å². The van der Waals surface area contributed by atoms with Crippen molar-refractivity contribution in [1.29, 1.82) is 0 Å². The average Bonchev–Trinajstić information content (AvgIpc) is 2.60. The predicted octanol–water partition coefficient (Wildman–Crippen LogP) is 2.20. The summed E-state index contributed by atoms with van der Waals surface area (Å²) in [6.07, 6.45) is 1.00. The predicted molar refractivity (Wildman–Crippen MR) is 57.7 cm³/mol. The first-order chi connectivity index (χ1) is 7.29. The number of rotatable bonds is 4. The monoisotopic (exact) mass is 206 g/mol. The highest BCUT2D eigenvalue weighted by molar-refractivity contribution is 5.76. The molecule has 0 saturated carbocycles. The van der Waals surface area contributed by atoms with Crippen LogP contribution in [-0.4, -0.2) is 21.7 Å². The Morgan fingerprint density at radius 2 is 2.33 bits per heavy atom. The van der Waals surface area contributed by atoms with E-state index in [1.165, 1.54) is 0 Å². The molecule has 80 valence electrons. The third-order valence-corrected chi connectivity index (χ3v) is 2.10. The number of fused-ring (bicyclic) bond motifs is 1. The lowest BCUT2D eigenvalue weighted by atomic mass is 10.3. The molecule has 4 nitrogen and oxygen atoms in total. The second-order valence-corrected chi connectivity index (χ2v) is 3.44. The first-order valence-electron chi connectivity index (χ1n) is 5.05. The van der Waals surface area contributed by atoms with E-state index in [-0.39, 0.29) is 5.75 Å². The van der Waals surface area contributed by atoms with Crippen molar-refractivity contribution in [1.82, 2.24) is 9.97 Å². The Morgan fingerprint density at radius 1 is 1.47 bits per heavy atom. The number of aromatic nitrogens is 2. The molecule has 1 heterocycles. The zero-order valence-electron chi connectivity index (χ0n) is 8.66. The molecule has 2 aromatic rings. The van der Waals surface area contributed by atoms with Gasteiger partial charge in [0.05, 0.1) is 11.0 Å². The Bertz CT molecular complexity index is 451. The Kier molecular flexibility index (Phi) is 2.87. The summed E-state index contributed by atoms with van der Waals surface area (Å²) < 4.78 is 5.37. The number of benzene rings is 1. The van der Waals surface area contributed by atoms with Crippen LogP contribution in [0.25, 0.3) is 11.0 Å². The molecule has 0 aliphatic heterocycles. The number of aromatic hydroxyl groups is 1. The van der Waals surface area contributed by atoms with Crippen molar-refractivity contribution in [2.24, 2.45) is 0 Å². The molecule has 0 radical (unpaired) electrons. The molecule has 0 unspecified atom stereocenters. The molecular formula is C11H14N2O2. The van der Waals surface area contributed by atoms with E-state index in [9.17, 15) is 5.11 Å². The number of nitrogens with zero attached hydrogens (tertiary/aromatic N) is 1. The molecule has 0 bridgehead atoms. The third-order valence-electron chi connectivity index (χ3n) is 2.10. The van der Waals surface area contributed by atoms with Crippen LogP contribution in [0.2, 0.25) is 0 Å². The lowest BCUT2D eigenvalue weighted by Gasteiger charge is -1.97. The van der Waals surface area contributed by atoms with Gasteiger partial charge in [0.15, 0.2) is 0 Å². The maximum Gasteiger partial charge on any atom is 0.133 e. The van der Waals surface area contributed by atoms with Crippen LogP contribution in [0.1, 0.15) is 19.2 Å². The second kappa shape index (κ2) is 4.31. The zero-order valence-corrected chi connectivity index (χ0v) is 8.66. The van der Waals surface area contributed by atoms with E-state index in [4.69, 9.17) is 4.74 Å². The van der Waals surface area contributed by atoms with Gasteiger partial charge in [-0.25, -0.2) is 4.98 Å². The van der Waals surface area contributed by atoms with E-state index < -0.39 is 0 Å². The number of phenols is 1. The van der Waals surface area contributed by atoms with Gasteiger partial charge in [-0.3, -0.25) is 0 Å². The lowest BCUT2D eigenvalue weighted by Crippen LogP contribution is -1.95. The molecule has 15 heavy (non-hydrogen) atoms. The highest BCUT2D eigenvalue weighted by Gasteiger charge is 2.02. The number of hydrogen-bond acceptors (Lipinski definition) is 3. The van der Waals surface area contributed by atoms with Gasteiger partial charge in [0.25, 0.3) is 0 Å². The van der Waals surface area contributed by atoms with Crippen LogP contribution in [0.4, 0.5) is 0 Å². The third kappa shape index (κ3) is 2.27. The number of H-pyrrole nitrogens is 1. The molecule has 0 aliphatic rings. The minimum atomic E-state index is 0.243. The van der Waals surface area contributed by atoms with Crippen molar-refractivity contribution in [3.05, 3.63) is 24.0 Å². The van der Waals surface area contributed by atoms with Crippen LogP contribution in [0, 0.1) is 0 Å². The first kappa shape index (κ1) is 9.98. The molecule has 0 atom stereocenters. The number of phenolic OH excluding ortho intramolecular Hbond substituents is 1. The van der Waals surface area contributed by atoms with Crippen LogP contribution in [0.3, 0.4) is 0 Å². The quantitative estimate of drug-likeness (QED) is 0.754. The van der Waals surface area contributed by atoms with Crippen LogP contribution in [0.15, 0.2) is 18.2 Å². The number of aromatic amines is 1. The molecule has 0 fully saturated rings. The Hall–Kier alpha value is -1.55. The minimum Gasteiger partial charge on any atom is -0.508 e. The topological polar surface area (TPSA) is 58.1 Å². The molecule has 2 rings (SSSR count). The van der Waals surface area contributed by atoms with E-state index in [0.717, 1.165) is 29.9 Å². The van der Waals surface area contributed by atoms with Crippen molar-refractivity contribution in [3.8, 4) is 5.75 Å². The first-order valence-corrected chi connectivity index (χ1v) is 5.05. The average molecular weight is 206 g/mol. The summed E-state index contributed by atoms with van der Waals surface area (Å²) in [5.74, 6) is 1.04. The summed E-state index contributed by atoms with van der Waals surface area (Å²) in [5, 5.41) is 9.27. The Labute approximate surface area is 87.9 Å². The molecule has 1 aromatic carbocycles. The molecule has 1 aromatic heterocycles. The highest BCUT2D eigenvalue weighted by Crippen LogP contribution is 2.17. The number of hydrogen-bond donors (Lipinski definition) is 2. The summed E-state index contributed by atoms with van der Waals surface area (Å²) in [4.78, 5) is 7.43. The van der Waals surface area contributed by atoms with Crippen molar-refractivity contribution >= 4 is 11.0 Å². The van der Waals surface area contributed by atoms with E-state index in [0.29, 0.717) is 6.61 Å². The van der Waals surface area contributed by atoms with Crippen LogP contribution < -0.4 is 0 Å². The van der Waals surface area contributed by atoms with Gasteiger partial charge in [-0.1, -0.05) is 6.92 Å². The van der Waals surface area contributed by atoms with Gasteiger partial charge in [0.2, 0.25) is 0 Å². The molecule has 0 spiro atoms. The molecular weight excluding hydrogens is 192 g/mol. The van der Waals surface area contributed by atoms with E-state index >= 15 is 0 Å². The summed E-state index contributed by atoms with van der Waals surface area (Å²) in [7, 11) is 0. The summed E-state index contributed by atoms with van der Waals surface area (Å²) >= 11 is 0. The zero-order chi connectivity index (χ0) is 10.7. The standard InChI is InChI=1S/C11H14N2O2/c1-2-5-15-7-11-12-9-4-3-8(14)6-10(9)13-11/h3-4,6,14H,2,5,7H2,1H3,(H,12,13). The lowest BCUT2D eigenvalue weighted by molar-refractivity contribution is 0.117. The second-order valence-electron chi connectivity index (χ2n) is 3.44. The minimum absolute atomic E-state index is 0.243. The number of nitrogens with one attached hydrogen (secondary N) is 1. The fraction of sp³-hybridized carbons (Fsp3) is 0.364. The van der Waals surface area contributed by atoms with Crippen molar-refractivity contribution in [2.75, 3.05) is 6.61 Å². The molecule has 4 heteroatoms. The van der Waals surface area contributed by atoms with E-state index in [2.05, 4.69) is 16.9 Å². The van der Waals surface area contributed by atoms with Crippen molar-refractivity contribution in [3.63, 3.8) is 0 Å². The van der Waals surface area contributed by atoms with Crippen LogP contribution in [0.5, 0.6) is 5.75 Å². The van der Waals surface area contributed by atoms with Gasteiger partial charge in [0.1, 0.15) is 18.2 Å². The Morgan fingerprint density at radius 3 is 3.13 bits per heavy atom. The molecule has 0 aliphatic carbocycles. The van der Waals surface area contributed by atoms with Gasteiger partial charge in [-0.15, -0.1) is 0 Å². The largest absolute Gasteiger partial charge is 0.508 e. The fourth-order valence-corrected chi connectivity index (χ4v) is 1.43. The molecule has 0 amide bonds. The number of imidazole rings is 1. The highest BCUT2D eigenvalue weighted by atomic mass is 16.5. The van der Waals surface area contributed by atoms with Crippen LogP contribution in [-0.2, 0) is 11.3 Å².